The molecule has 4 rings (SSSR count). The van der Waals surface area contributed by atoms with Crippen LogP contribution in [0.25, 0.3) is 0 Å². The molecule has 43 heavy (non-hydrogen) atoms. The number of aromatic nitrogens is 1. The molecule has 3 amide bonds. The third-order valence-electron chi connectivity index (χ3n) is 7.53. The molecule has 0 unspecified atom stereocenters. The lowest BCUT2D eigenvalue weighted by atomic mass is 9.94. The number of carbonyl (C=O) groups excluding carboxylic acids is 3. The van der Waals surface area contributed by atoms with Crippen molar-refractivity contribution in [1.29, 1.82) is 0 Å². The predicted octanol–water partition coefficient (Wildman–Crippen LogP) is 5.44. The van der Waals surface area contributed by atoms with E-state index in [2.05, 4.69) is 15.6 Å². The van der Waals surface area contributed by atoms with Crippen molar-refractivity contribution in [2.75, 3.05) is 31.5 Å². The molecule has 228 valence electrons. The Hall–Kier alpha value is -4.60. The van der Waals surface area contributed by atoms with E-state index >= 15 is 0 Å². The molecule has 1 heterocycles. The number of anilines is 2. The standard InChI is InChI=1S/C33H40N4O6/c1-41-25-17-15-23(16-18-25)32(33(40)35-24-10-5-4-6-11-24)37(27-22-26(42-2)19-20-28(27)43-3)31(39)14-9-13-30(38)36-29-12-7-8-21-34-29/h7-8,12,15-22,24,32H,4-6,9-11,13-14H2,1-3H3,(H,35,40)(H,34,36,38)/t32-/m0/s1. The Balaban J connectivity index is 1.67. The fourth-order valence-electron chi connectivity index (χ4n) is 5.30. The van der Waals surface area contributed by atoms with Gasteiger partial charge in [0.05, 0.1) is 27.0 Å². The van der Waals surface area contributed by atoms with Crippen molar-refractivity contribution >= 4 is 29.2 Å². The summed E-state index contributed by atoms with van der Waals surface area (Å²) in [6.07, 6.45) is 7.00. The average Bonchev–Trinajstić information content (AvgIpc) is 3.04. The van der Waals surface area contributed by atoms with Crippen LogP contribution >= 0.6 is 0 Å². The second kappa shape index (κ2) is 15.6. The van der Waals surface area contributed by atoms with Gasteiger partial charge in [0, 0.05) is 31.1 Å². The van der Waals surface area contributed by atoms with Crippen LogP contribution in [0.1, 0.15) is 63.0 Å². The highest BCUT2D eigenvalue weighted by Gasteiger charge is 2.35. The molecule has 0 saturated heterocycles. The summed E-state index contributed by atoms with van der Waals surface area (Å²) in [7, 11) is 4.62. The summed E-state index contributed by atoms with van der Waals surface area (Å²) in [6.45, 7) is 0. The number of amides is 3. The van der Waals surface area contributed by atoms with Crippen molar-refractivity contribution in [2.45, 2.75) is 63.5 Å². The van der Waals surface area contributed by atoms with E-state index in [4.69, 9.17) is 14.2 Å². The van der Waals surface area contributed by atoms with Gasteiger partial charge in [-0.3, -0.25) is 19.3 Å². The summed E-state index contributed by atoms with van der Waals surface area (Å²) >= 11 is 0. The fourth-order valence-corrected chi connectivity index (χ4v) is 5.30. The van der Waals surface area contributed by atoms with Crippen LogP contribution in [0.2, 0.25) is 0 Å². The van der Waals surface area contributed by atoms with Gasteiger partial charge in [-0.25, -0.2) is 4.98 Å². The molecule has 2 aromatic carbocycles. The molecule has 0 bridgehead atoms. The molecule has 1 aliphatic carbocycles. The average molecular weight is 589 g/mol. The van der Waals surface area contributed by atoms with Crippen LogP contribution < -0.4 is 29.7 Å². The van der Waals surface area contributed by atoms with Gasteiger partial charge < -0.3 is 24.8 Å². The van der Waals surface area contributed by atoms with Crippen LogP contribution in [0.4, 0.5) is 11.5 Å². The summed E-state index contributed by atoms with van der Waals surface area (Å²) in [6, 6.07) is 16.5. The van der Waals surface area contributed by atoms with Gasteiger partial charge in [0.1, 0.15) is 29.1 Å². The minimum atomic E-state index is -1.01. The Kier molecular flexibility index (Phi) is 11.4. The number of pyridine rings is 1. The van der Waals surface area contributed by atoms with E-state index in [1.807, 2.05) is 0 Å². The Labute approximate surface area is 252 Å². The molecule has 1 fully saturated rings. The number of nitrogens with one attached hydrogen (secondary N) is 2. The first-order valence-electron chi connectivity index (χ1n) is 14.6. The Morgan fingerprint density at radius 1 is 0.884 bits per heavy atom. The number of hydrogen-bond acceptors (Lipinski definition) is 7. The van der Waals surface area contributed by atoms with Crippen LogP contribution in [-0.2, 0) is 14.4 Å². The third-order valence-corrected chi connectivity index (χ3v) is 7.53. The van der Waals surface area contributed by atoms with Gasteiger partial charge in [-0.2, -0.15) is 0 Å². The third kappa shape index (κ3) is 8.47. The molecule has 1 aromatic heterocycles. The van der Waals surface area contributed by atoms with Crippen molar-refractivity contribution in [2.24, 2.45) is 0 Å². The van der Waals surface area contributed by atoms with E-state index in [1.54, 1.807) is 74.0 Å². The van der Waals surface area contributed by atoms with Crippen LogP contribution in [0.5, 0.6) is 17.2 Å². The number of nitrogens with zero attached hydrogens (tertiary/aromatic N) is 2. The monoisotopic (exact) mass is 588 g/mol. The quantitative estimate of drug-likeness (QED) is 0.273. The summed E-state index contributed by atoms with van der Waals surface area (Å²) in [5.74, 6) is 1.11. The zero-order valence-electron chi connectivity index (χ0n) is 25.0. The molecule has 10 nitrogen and oxygen atoms in total. The van der Waals surface area contributed by atoms with Gasteiger partial charge in [-0.15, -0.1) is 0 Å². The fraction of sp³-hybridized carbons (Fsp3) is 0.394. The van der Waals surface area contributed by atoms with Crippen molar-refractivity contribution in [3.63, 3.8) is 0 Å². The van der Waals surface area contributed by atoms with E-state index < -0.39 is 6.04 Å². The Bertz CT molecular complexity index is 1360. The molecule has 1 atom stereocenters. The molecular formula is C33H40N4O6. The van der Waals surface area contributed by atoms with Crippen LogP contribution in [0.3, 0.4) is 0 Å². The van der Waals surface area contributed by atoms with Gasteiger partial charge in [0.2, 0.25) is 17.7 Å². The Morgan fingerprint density at radius 2 is 1.60 bits per heavy atom. The van der Waals surface area contributed by atoms with Gasteiger partial charge in [-0.05, 0) is 61.2 Å². The lowest BCUT2D eigenvalue weighted by molar-refractivity contribution is -0.127. The molecular weight excluding hydrogens is 548 g/mol. The van der Waals surface area contributed by atoms with E-state index in [-0.39, 0.29) is 43.0 Å². The first kappa shape index (κ1) is 31.3. The number of carbonyl (C=O) groups is 3. The van der Waals surface area contributed by atoms with E-state index in [0.717, 1.165) is 32.1 Å². The number of ether oxygens (including phenoxy) is 3. The van der Waals surface area contributed by atoms with Gasteiger partial charge in [-0.1, -0.05) is 37.5 Å². The smallest absolute Gasteiger partial charge is 0.248 e. The highest BCUT2D eigenvalue weighted by atomic mass is 16.5. The molecule has 0 aliphatic heterocycles. The minimum absolute atomic E-state index is 0.0133. The van der Waals surface area contributed by atoms with E-state index in [0.29, 0.717) is 34.3 Å². The molecule has 0 spiro atoms. The molecule has 1 aliphatic rings. The van der Waals surface area contributed by atoms with Crippen LogP contribution in [0, 0.1) is 0 Å². The highest BCUT2D eigenvalue weighted by Crippen LogP contribution is 2.39. The number of hydrogen-bond donors (Lipinski definition) is 2. The topological polar surface area (TPSA) is 119 Å². The Morgan fingerprint density at radius 3 is 2.26 bits per heavy atom. The van der Waals surface area contributed by atoms with Gasteiger partial charge in [0.15, 0.2) is 0 Å². The summed E-state index contributed by atoms with van der Waals surface area (Å²) < 4.78 is 16.5. The summed E-state index contributed by atoms with van der Waals surface area (Å²) in [5.41, 5.74) is 1.00. The molecule has 3 aromatic rings. The minimum Gasteiger partial charge on any atom is -0.497 e. The van der Waals surface area contributed by atoms with E-state index in [1.165, 1.54) is 19.1 Å². The maximum atomic E-state index is 14.2. The van der Waals surface area contributed by atoms with Crippen molar-refractivity contribution in [1.82, 2.24) is 10.3 Å². The van der Waals surface area contributed by atoms with Crippen molar-refractivity contribution in [3.8, 4) is 17.2 Å². The maximum Gasteiger partial charge on any atom is 0.248 e. The number of methoxy groups -OCH3 is 3. The lowest BCUT2D eigenvalue weighted by Crippen LogP contribution is -2.47. The molecule has 2 N–H and O–H groups in total. The maximum absolute atomic E-state index is 14.2. The second-order valence-corrected chi connectivity index (χ2v) is 10.4. The molecule has 0 radical (unpaired) electrons. The van der Waals surface area contributed by atoms with E-state index in [9.17, 15) is 14.4 Å². The molecule has 10 heteroatoms. The van der Waals surface area contributed by atoms with Crippen molar-refractivity contribution < 1.29 is 28.6 Å². The first-order chi connectivity index (χ1) is 20.9. The van der Waals surface area contributed by atoms with Crippen LogP contribution in [0.15, 0.2) is 66.9 Å². The zero-order chi connectivity index (χ0) is 30.6. The summed E-state index contributed by atoms with van der Waals surface area (Å²) in [4.78, 5) is 46.5. The second-order valence-electron chi connectivity index (χ2n) is 10.4. The first-order valence-corrected chi connectivity index (χ1v) is 14.6. The predicted molar refractivity (Wildman–Crippen MR) is 165 cm³/mol. The lowest BCUT2D eigenvalue weighted by Gasteiger charge is -2.34. The molecule has 1 saturated carbocycles. The SMILES string of the molecule is COc1ccc([C@@H](C(=O)NC2CCCCC2)N(C(=O)CCCC(=O)Nc2ccccn2)c2cc(OC)ccc2OC)cc1. The number of benzene rings is 2. The highest BCUT2D eigenvalue weighted by molar-refractivity contribution is 6.03. The normalized spacial score (nSPS) is 13.8. The number of rotatable bonds is 13. The van der Waals surface area contributed by atoms with Crippen molar-refractivity contribution in [3.05, 3.63) is 72.4 Å². The van der Waals surface area contributed by atoms with Crippen LogP contribution in [-0.4, -0.2) is 50.1 Å². The zero-order valence-corrected chi connectivity index (χ0v) is 25.0. The van der Waals surface area contributed by atoms with Gasteiger partial charge >= 0.3 is 0 Å². The summed E-state index contributed by atoms with van der Waals surface area (Å²) in [5, 5.41) is 5.96. The largest absolute Gasteiger partial charge is 0.497 e. The van der Waals surface area contributed by atoms with Gasteiger partial charge in [0.25, 0.3) is 0 Å².